The first-order valence-corrected chi connectivity index (χ1v) is 8.13. The molecule has 4 atom stereocenters. The highest BCUT2D eigenvalue weighted by Crippen LogP contribution is 2.51. The molecule has 4 unspecified atom stereocenters. The molecule has 0 N–H and O–H groups in total. The summed E-state index contributed by atoms with van der Waals surface area (Å²) < 4.78 is 0. The van der Waals surface area contributed by atoms with Crippen molar-refractivity contribution in [3.63, 3.8) is 0 Å². The lowest BCUT2D eigenvalue weighted by atomic mass is 10.0. The lowest BCUT2D eigenvalue weighted by Crippen LogP contribution is -2.00. The average molecular weight is 228 g/mol. The molecule has 80 valence electrons. The molecule has 2 aliphatic heterocycles. The zero-order chi connectivity index (χ0) is 9.38. The minimum atomic E-state index is 1.12. The Hall–Kier alpha value is 0.700. The van der Waals surface area contributed by atoms with E-state index < -0.39 is 0 Å². The van der Waals surface area contributed by atoms with Gasteiger partial charge in [0.05, 0.1) is 0 Å². The summed E-state index contributed by atoms with van der Waals surface area (Å²) in [4.78, 5) is 0. The van der Waals surface area contributed by atoms with Crippen LogP contribution in [0.5, 0.6) is 0 Å². The van der Waals surface area contributed by atoms with Crippen LogP contribution in [-0.2, 0) is 0 Å². The van der Waals surface area contributed by atoms with Crippen molar-refractivity contribution in [2.24, 2.45) is 0 Å². The van der Waals surface area contributed by atoms with Gasteiger partial charge in [0.1, 0.15) is 0 Å². The number of hydrogen-bond donors (Lipinski definition) is 0. The maximum absolute atomic E-state index is 2.20. The zero-order valence-corrected chi connectivity index (χ0v) is 10.4. The van der Waals surface area contributed by atoms with E-state index in [9.17, 15) is 0 Å². The molecule has 0 radical (unpaired) electrons. The molecule has 14 heavy (non-hydrogen) atoms. The second kappa shape index (κ2) is 4.29. The molecule has 0 aromatic carbocycles. The maximum Gasteiger partial charge on any atom is 0.0169 e. The smallest absolute Gasteiger partial charge is 0.0169 e. The van der Waals surface area contributed by atoms with Crippen LogP contribution in [0.25, 0.3) is 0 Å². The van der Waals surface area contributed by atoms with Gasteiger partial charge in [0.25, 0.3) is 0 Å². The summed E-state index contributed by atoms with van der Waals surface area (Å²) in [5.41, 5.74) is 0. The van der Waals surface area contributed by atoms with Gasteiger partial charge in [0.15, 0.2) is 0 Å². The van der Waals surface area contributed by atoms with Gasteiger partial charge >= 0.3 is 0 Å². The van der Waals surface area contributed by atoms with E-state index in [0.717, 1.165) is 21.0 Å². The minimum Gasteiger partial charge on any atom is -0.153 e. The predicted molar refractivity (Wildman–Crippen MR) is 67.3 cm³/mol. The number of thioether (sulfide) groups is 2. The summed E-state index contributed by atoms with van der Waals surface area (Å²) in [6, 6.07) is 0. The van der Waals surface area contributed by atoms with E-state index in [1.165, 1.54) is 51.4 Å². The normalized spacial score (nSPS) is 48.0. The van der Waals surface area contributed by atoms with Crippen LogP contribution < -0.4 is 0 Å². The quantitative estimate of drug-likeness (QED) is 0.573. The lowest BCUT2D eigenvalue weighted by Gasteiger charge is -2.02. The monoisotopic (exact) mass is 228 g/mol. The average Bonchev–Trinajstić information content (AvgIpc) is 3.13. The first kappa shape index (κ1) is 9.89. The Labute approximate surface area is 96.0 Å². The molecule has 0 amide bonds. The van der Waals surface area contributed by atoms with Crippen LogP contribution in [0.15, 0.2) is 0 Å². The van der Waals surface area contributed by atoms with Crippen molar-refractivity contribution < 1.29 is 0 Å². The van der Waals surface area contributed by atoms with Crippen molar-refractivity contribution in [3.8, 4) is 0 Å². The Morgan fingerprint density at radius 1 is 0.500 bits per heavy atom. The lowest BCUT2D eigenvalue weighted by molar-refractivity contribution is 0.571. The van der Waals surface area contributed by atoms with Crippen LogP contribution in [-0.4, -0.2) is 21.0 Å². The van der Waals surface area contributed by atoms with E-state index in [4.69, 9.17) is 0 Å². The number of hydrogen-bond acceptors (Lipinski definition) is 2. The summed E-state index contributed by atoms with van der Waals surface area (Å²) in [6.07, 6.45) is 12.1. The fourth-order valence-electron chi connectivity index (χ4n) is 2.76. The highest BCUT2D eigenvalue weighted by molar-refractivity contribution is 8.07. The molecule has 0 aromatic rings. The van der Waals surface area contributed by atoms with Crippen LogP contribution in [0.1, 0.15) is 51.4 Å². The molecular formula is C12H20S2. The fraction of sp³-hybridized carbons (Fsp3) is 1.00. The number of fused-ring (bicyclic) bond motifs is 2. The molecule has 0 nitrogen and oxygen atoms in total. The topological polar surface area (TPSA) is 0 Å². The second-order valence-electron chi connectivity index (χ2n) is 4.99. The van der Waals surface area contributed by atoms with E-state index in [1.807, 2.05) is 0 Å². The van der Waals surface area contributed by atoms with E-state index in [1.54, 1.807) is 0 Å². The first-order chi connectivity index (χ1) is 6.93. The molecule has 2 saturated heterocycles. The van der Waals surface area contributed by atoms with Crippen LogP contribution in [0.2, 0.25) is 0 Å². The van der Waals surface area contributed by atoms with Crippen molar-refractivity contribution in [1.82, 2.24) is 0 Å². The molecule has 2 saturated carbocycles. The molecule has 2 heteroatoms. The number of rotatable bonds is 0. The molecular weight excluding hydrogens is 208 g/mol. The molecule has 4 aliphatic rings. The van der Waals surface area contributed by atoms with Crippen molar-refractivity contribution in [3.05, 3.63) is 0 Å². The molecule has 0 bridgehead atoms. The Kier molecular flexibility index (Phi) is 3.03. The summed E-state index contributed by atoms with van der Waals surface area (Å²) >= 11 is 4.40. The minimum absolute atomic E-state index is 1.12. The van der Waals surface area contributed by atoms with E-state index in [2.05, 4.69) is 23.5 Å². The largest absolute Gasteiger partial charge is 0.153 e. The van der Waals surface area contributed by atoms with E-state index in [-0.39, 0.29) is 0 Å². The van der Waals surface area contributed by atoms with E-state index >= 15 is 0 Å². The van der Waals surface area contributed by atoms with Crippen LogP contribution in [0.3, 0.4) is 0 Å². The van der Waals surface area contributed by atoms with E-state index in [0.29, 0.717) is 0 Å². The molecule has 2 heterocycles. The highest BCUT2D eigenvalue weighted by Gasteiger charge is 2.39. The van der Waals surface area contributed by atoms with Gasteiger partial charge in [-0.2, -0.15) is 23.5 Å². The van der Waals surface area contributed by atoms with Gasteiger partial charge in [-0.1, -0.05) is 25.7 Å². The van der Waals surface area contributed by atoms with Crippen molar-refractivity contribution >= 4 is 23.5 Å². The standard InChI is InChI=1S/2C6H10S/c2*1-2-4-6-5(3-1)7-6/h2*5-6H,1-4H2. The third-order valence-electron chi connectivity index (χ3n) is 3.83. The summed E-state index contributed by atoms with van der Waals surface area (Å²) in [5.74, 6) is 0. The predicted octanol–water partition coefficient (Wildman–Crippen LogP) is 4.09. The van der Waals surface area contributed by atoms with Crippen molar-refractivity contribution in [2.75, 3.05) is 0 Å². The fourth-order valence-corrected chi connectivity index (χ4v) is 5.23. The summed E-state index contributed by atoms with van der Waals surface area (Å²) in [7, 11) is 0. The molecule has 4 rings (SSSR count). The van der Waals surface area contributed by atoms with Crippen LogP contribution in [0, 0.1) is 0 Å². The van der Waals surface area contributed by atoms with Crippen LogP contribution >= 0.6 is 23.5 Å². The van der Waals surface area contributed by atoms with Crippen molar-refractivity contribution in [1.29, 1.82) is 0 Å². The maximum atomic E-state index is 2.20. The van der Waals surface area contributed by atoms with Gasteiger partial charge in [-0.25, -0.2) is 0 Å². The molecule has 2 aliphatic carbocycles. The Morgan fingerprint density at radius 3 is 1.00 bits per heavy atom. The Morgan fingerprint density at radius 2 is 0.786 bits per heavy atom. The first-order valence-electron chi connectivity index (χ1n) is 6.24. The summed E-state index contributed by atoms with van der Waals surface area (Å²) in [6.45, 7) is 0. The van der Waals surface area contributed by atoms with Gasteiger partial charge in [0, 0.05) is 21.0 Å². The third kappa shape index (κ3) is 2.44. The summed E-state index contributed by atoms with van der Waals surface area (Å²) in [5, 5.41) is 4.48. The molecule has 0 aromatic heterocycles. The van der Waals surface area contributed by atoms with Gasteiger partial charge in [-0.15, -0.1) is 0 Å². The Balaban J connectivity index is 0.0000000914. The third-order valence-corrected chi connectivity index (χ3v) is 6.86. The SMILES string of the molecule is C1CCC2SC2C1.C1CCC2SC2C1. The molecule has 0 spiro atoms. The van der Waals surface area contributed by atoms with Crippen LogP contribution in [0.4, 0.5) is 0 Å². The second-order valence-corrected chi connectivity index (χ2v) is 7.96. The molecule has 4 fully saturated rings. The Bertz CT molecular complexity index is 162. The zero-order valence-electron chi connectivity index (χ0n) is 8.78. The van der Waals surface area contributed by atoms with Gasteiger partial charge in [-0.3, -0.25) is 0 Å². The van der Waals surface area contributed by atoms with Gasteiger partial charge in [0.2, 0.25) is 0 Å². The van der Waals surface area contributed by atoms with Crippen molar-refractivity contribution in [2.45, 2.75) is 72.4 Å². The van der Waals surface area contributed by atoms with Gasteiger partial charge in [-0.05, 0) is 25.7 Å². The highest BCUT2D eigenvalue weighted by atomic mass is 32.2. The van der Waals surface area contributed by atoms with Gasteiger partial charge < -0.3 is 0 Å².